The van der Waals surface area contributed by atoms with E-state index in [1.807, 2.05) is 32.6 Å². The Morgan fingerprint density at radius 3 is 2.17 bits per heavy atom. The molecule has 3 heteroatoms. The van der Waals surface area contributed by atoms with E-state index < -0.39 is 0 Å². The summed E-state index contributed by atoms with van der Waals surface area (Å²) < 4.78 is 0. The van der Waals surface area contributed by atoms with Crippen molar-refractivity contribution in [1.82, 2.24) is 10.2 Å². The zero-order valence-electron chi connectivity index (χ0n) is 8.55. The molecule has 1 N–H and O–H groups in total. The van der Waals surface area contributed by atoms with Crippen LogP contribution < -0.4 is 5.32 Å². The highest BCUT2D eigenvalue weighted by Gasteiger charge is 2.15. The van der Waals surface area contributed by atoms with Crippen LogP contribution in [-0.4, -0.2) is 36.5 Å². The number of hydrogen-bond acceptors (Lipinski definition) is 2. The van der Waals surface area contributed by atoms with Crippen molar-refractivity contribution in [3.05, 3.63) is 0 Å². The lowest BCUT2D eigenvalue weighted by Crippen LogP contribution is -2.44. The van der Waals surface area contributed by atoms with E-state index in [9.17, 15) is 4.79 Å². The monoisotopic (exact) mass is 172 g/mol. The molecule has 0 bridgehead atoms. The first-order valence-electron chi connectivity index (χ1n) is 4.69. The maximum Gasteiger partial charge on any atom is 0.239 e. The molecular formula is C9H20N2O. The molecule has 0 spiro atoms. The van der Waals surface area contributed by atoms with Gasteiger partial charge in [-0.15, -0.1) is 0 Å². The largest absolute Gasteiger partial charge is 0.342 e. The van der Waals surface area contributed by atoms with Gasteiger partial charge in [0.25, 0.3) is 0 Å². The maximum absolute atomic E-state index is 11.6. The van der Waals surface area contributed by atoms with Crippen LogP contribution in [0.2, 0.25) is 0 Å². The SMILES string of the molecule is CCNC(C)C(=O)N(CC)CC. The van der Waals surface area contributed by atoms with Crippen LogP contribution >= 0.6 is 0 Å². The minimum Gasteiger partial charge on any atom is -0.342 e. The van der Waals surface area contributed by atoms with Gasteiger partial charge in [-0.05, 0) is 27.3 Å². The van der Waals surface area contributed by atoms with Crippen LogP contribution in [0.1, 0.15) is 27.7 Å². The summed E-state index contributed by atoms with van der Waals surface area (Å²) >= 11 is 0. The van der Waals surface area contributed by atoms with E-state index in [2.05, 4.69) is 5.32 Å². The van der Waals surface area contributed by atoms with E-state index in [-0.39, 0.29) is 11.9 Å². The molecule has 0 aliphatic heterocycles. The molecular weight excluding hydrogens is 152 g/mol. The molecule has 0 saturated carbocycles. The van der Waals surface area contributed by atoms with Gasteiger partial charge in [-0.1, -0.05) is 6.92 Å². The Bertz CT molecular complexity index is 132. The highest BCUT2D eigenvalue weighted by Crippen LogP contribution is 1.93. The Kier molecular flexibility index (Phi) is 5.72. The quantitative estimate of drug-likeness (QED) is 0.667. The zero-order chi connectivity index (χ0) is 9.56. The van der Waals surface area contributed by atoms with Gasteiger partial charge in [0.15, 0.2) is 0 Å². The van der Waals surface area contributed by atoms with Crippen molar-refractivity contribution in [3.63, 3.8) is 0 Å². The lowest BCUT2D eigenvalue weighted by atomic mass is 10.3. The summed E-state index contributed by atoms with van der Waals surface area (Å²) in [6.45, 7) is 10.3. The summed E-state index contributed by atoms with van der Waals surface area (Å²) in [7, 11) is 0. The van der Waals surface area contributed by atoms with Crippen LogP contribution in [0.3, 0.4) is 0 Å². The number of rotatable bonds is 5. The first-order valence-corrected chi connectivity index (χ1v) is 4.69. The molecule has 0 radical (unpaired) electrons. The molecule has 0 saturated heterocycles. The second-order valence-corrected chi connectivity index (χ2v) is 2.79. The summed E-state index contributed by atoms with van der Waals surface area (Å²) in [6.07, 6.45) is 0. The van der Waals surface area contributed by atoms with Crippen LogP contribution in [0.4, 0.5) is 0 Å². The fraction of sp³-hybridized carbons (Fsp3) is 0.889. The minimum atomic E-state index is -0.0464. The maximum atomic E-state index is 11.6. The molecule has 12 heavy (non-hydrogen) atoms. The smallest absolute Gasteiger partial charge is 0.239 e. The topological polar surface area (TPSA) is 32.3 Å². The number of nitrogens with zero attached hydrogens (tertiary/aromatic N) is 1. The molecule has 3 nitrogen and oxygen atoms in total. The van der Waals surface area contributed by atoms with E-state index in [4.69, 9.17) is 0 Å². The third-order valence-corrected chi connectivity index (χ3v) is 1.96. The van der Waals surface area contributed by atoms with Gasteiger partial charge in [-0.3, -0.25) is 4.79 Å². The second kappa shape index (κ2) is 6.00. The van der Waals surface area contributed by atoms with Crippen LogP contribution in [0.25, 0.3) is 0 Å². The van der Waals surface area contributed by atoms with Gasteiger partial charge in [0.1, 0.15) is 0 Å². The molecule has 72 valence electrons. The van der Waals surface area contributed by atoms with Crippen LogP contribution in [0.5, 0.6) is 0 Å². The zero-order valence-corrected chi connectivity index (χ0v) is 8.55. The molecule has 0 fully saturated rings. The fourth-order valence-corrected chi connectivity index (χ4v) is 1.20. The lowest BCUT2D eigenvalue weighted by Gasteiger charge is -2.22. The predicted molar refractivity (Wildman–Crippen MR) is 51.1 cm³/mol. The third-order valence-electron chi connectivity index (χ3n) is 1.96. The first kappa shape index (κ1) is 11.4. The molecule has 1 atom stereocenters. The lowest BCUT2D eigenvalue weighted by molar-refractivity contribution is -0.132. The molecule has 1 amide bonds. The summed E-state index contributed by atoms with van der Waals surface area (Å²) in [4.78, 5) is 13.4. The number of nitrogens with one attached hydrogen (secondary N) is 1. The summed E-state index contributed by atoms with van der Waals surface area (Å²) in [5, 5.41) is 3.10. The van der Waals surface area contributed by atoms with Crippen LogP contribution in [0, 0.1) is 0 Å². The van der Waals surface area contributed by atoms with E-state index in [1.165, 1.54) is 0 Å². The Balaban J connectivity index is 3.97. The van der Waals surface area contributed by atoms with Gasteiger partial charge in [-0.25, -0.2) is 0 Å². The van der Waals surface area contributed by atoms with E-state index >= 15 is 0 Å². The van der Waals surface area contributed by atoms with Gasteiger partial charge in [-0.2, -0.15) is 0 Å². The number of likely N-dealkylation sites (N-methyl/N-ethyl adjacent to an activating group) is 2. The van der Waals surface area contributed by atoms with E-state index in [0.717, 1.165) is 19.6 Å². The summed E-state index contributed by atoms with van der Waals surface area (Å²) in [6, 6.07) is -0.0464. The molecule has 0 heterocycles. The minimum absolute atomic E-state index is 0.0464. The number of carbonyl (C=O) groups excluding carboxylic acids is 1. The Hall–Kier alpha value is -0.570. The highest BCUT2D eigenvalue weighted by atomic mass is 16.2. The van der Waals surface area contributed by atoms with Crippen molar-refractivity contribution in [2.75, 3.05) is 19.6 Å². The van der Waals surface area contributed by atoms with Crippen molar-refractivity contribution < 1.29 is 4.79 Å². The Labute approximate surface area is 75.1 Å². The fourth-order valence-electron chi connectivity index (χ4n) is 1.20. The Morgan fingerprint density at radius 1 is 1.33 bits per heavy atom. The number of carbonyl (C=O) groups is 1. The highest BCUT2D eigenvalue weighted by molar-refractivity contribution is 5.81. The van der Waals surface area contributed by atoms with Crippen molar-refractivity contribution in [2.45, 2.75) is 33.7 Å². The van der Waals surface area contributed by atoms with Crippen LogP contribution in [0.15, 0.2) is 0 Å². The van der Waals surface area contributed by atoms with Crippen molar-refractivity contribution in [1.29, 1.82) is 0 Å². The van der Waals surface area contributed by atoms with E-state index in [0.29, 0.717) is 0 Å². The summed E-state index contributed by atoms with van der Waals surface area (Å²) in [5.74, 6) is 0.196. The third kappa shape index (κ3) is 3.22. The molecule has 0 rings (SSSR count). The van der Waals surface area contributed by atoms with Crippen LogP contribution in [-0.2, 0) is 4.79 Å². The van der Waals surface area contributed by atoms with Crippen molar-refractivity contribution >= 4 is 5.91 Å². The molecule has 0 aromatic carbocycles. The summed E-state index contributed by atoms with van der Waals surface area (Å²) in [5.41, 5.74) is 0. The average molecular weight is 172 g/mol. The molecule has 0 aliphatic carbocycles. The van der Waals surface area contributed by atoms with Gasteiger partial charge >= 0.3 is 0 Å². The van der Waals surface area contributed by atoms with Gasteiger partial charge in [0.2, 0.25) is 5.91 Å². The molecule has 0 aliphatic rings. The average Bonchev–Trinajstić information content (AvgIpc) is 2.07. The second-order valence-electron chi connectivity index (χ2n) is 2.79. The predicted octanol–water partition coefficient (Wildman–Crippen LogP) is 0.853. The number of hydrogen-bond donors (Lipinski definition) is 1. The first-order chi connectivity index (χ1) is 5.67. The molecule has 1 unspecified atom stereocenters. The van der Waals surface area contributed by atoms with Crippen molar-refractivity contribution in [2.24, 2.45) is 0 Å². The standard InChI is InChI=1S/C9H20N2O/c1-5-10-8(4)9(12)11(6-2)7-3/h8,10H,5-7H2,1-4H3. The molecule has 0 aromatic rings. The van der Waals surface area contributed by atoms with Gasteiger partial charge in [0.05, 0.1) is 6.04 Å². The van der Waals surface area contributed by atoms with Gasteiger partial charge in [0, 0.05) is 13.1 Å². The normalized spacial score (nSPS) is 12.7. The molecule has 0 aromatic heterocycles. The van der Waals surface area contributed by atoms with Gasteiger partial charge < -0.3 is 10.2 Å². The van der Waals surface area contributed by atoms with Crippen molar-refractivity contribution in [3.8, 4) is 0 Å². The van der Waals surface area contributed by atoms with E-state index in [1.54, 1.807) is 0 Å². The Morgan fingerprint density at radius 2 is 1.83 bits per heavy atom. The number of amides is 1.